The highest BCUT2D eigenvalue weighted by atomic mass is 32.1. The van der Waals surface area contributed by atoms with Gasteiger partial charge in [0, 0.05) is 11.9 Å². The van der Waals surface area contributed by atoms with Gasteiger partial charge in [0.25, 0.3) is 5.91 Å². The number of rotatable bonds is 3. The summed E-state index contributed by atoms with van der Waals surface area (Å²) in [5.41, 5.74) is 4.64. The molecule has 0 bridgehead atoms. The Hall–Kier alpha value is -1.63. The Morgan fingerprint density at radius 3 is 2.89 bits per heavy atom. The number of likely N-dealkylation sites (tertiary alicyclic amines) is 1. The molecule has 2 rings (SSSR count). The summed E-state index contributed by atoms with van der Waals surface area (Å²) in [5, 5.41) is 11.3. The summed E-state index contributed by atoms with van der Waals surface area (Å²) in [6, 6.07) is 0. The molecule has 7 heteroatoms. The second-order valence-electron chi connectivity index (χ2n) is 4.32. The number of hydrogen-bond donors (Lipinski definition) is 2. The molecule has 1 aromatic heterocycles. The summed E-state index contributed by atoms with van der Waals surface area (Å²) in [6.45, 7) is 2.24. The lowest BCUT2D eigenvalue weighted by Crippen LogP contribution is -2.52. The van der Waals surface area contributed by atoms with E-state index >= 15 is 0 Å². The van der Waals surface area contributed by atoms with Crippen LogP contribution in [-0.2, 0) is 4.79 Å². The number of hydrogen-bond acceptors (Lipinski definition) is 5. The quantitative estimate of drug-likeness (QED) is 0.859. The average molecular weight is 269 g/mol. The van der Waals surface area contributed by atoms with Gasteiger partial charge in [-0.15, -0.1) is 11.3 Å². The highest BCUT2D eigenvalue weighted by Crippen LogP contribution is 2.34. The van der Waals surface area contributed by atoms with Crippen LogP contribution in [0.25, 0.3) is 0 Å². The maximum Gasteiger partial charge on any atom is 0.329 e. The molecule has 0 aromatic carbocycles. The van der Waals surface area contributed by atoms with Crippen molar-refractivity contribution in [2.24, 2.45) is 0 Å². The summed E-state index contributed by atoms with van der Waals surface area (Å²) in [6.07, 6.45) is 1.59. The van der Waals surface area contributed by atoms with Gasteiger partial charge in [0.15, 0.2) is 5.13 Å². The second-order valence-corrected chi connectivity index (χ2v) is 5.21. The van der Waals surface area contributed by atoms with E-state index in [1.807, 2.05) is 0 Å². The van der Waals surface area contributed by atoms with Crippen molar-refractivity contribution in [1.82, 2.24) is 9.88 Å². The number of aromatic nitrogens is 1. The summed E-state index contributed by atoms with van der Waals surface area (Å²) in [5.74, 6) is -1.29. The van der Waals surface area contributed by atoms with Crippen molar-refractivity contribution in [3.8, 4) is 0 Å². The highest BCUT2D eigenvalue weighted by Gasteiger charge is 2.49. The number of amides is 1. The summed E-state index contributed by atoms with van der Waals surface area (Å²) < 4.78 is 0. The van der Waals surface area contributed by atoms with Gasteiger partial charge in [-0.25, -0.2) is 9.78 Å². The van der Waals surface area contributed by atoms with Crippen molar-refractivity contribution in [2.75, 3.05) is 12.3 Å². The first kappa shape index (κ1) is 12.8. The summed E-state index contributed by atoms with van der Waals surface area (Å²) in [7, 11) is 0. The number of carbonyl (C=O) groups is 2. The van der Waals surface area contributed by atoms with Gasteiger partial charge in [-0.3, -0.25) is 4.79 Å². The number of nitrogen functional groups attached to an aromatic ring is 1. The number of anilines is 1. The van der Waals surface area contributed by atoms with E-state index in [0.717, 1.165) is 0 Å². The molecule has 0 saturated carbocycles. The molecule has 1 saturated heterocycles. The van der Waals surface area contributed by atoms with E-state index in [2.05, 4.69) is 4.98 Å². The summed E-state index contributed by atoms with van der Waals surface area (Å²) >= 11 is 1.18. The van der Waals surface area contributed by atoms with Gasteiger partial charge < -0.3 is 15.7 Å². The van der Waals surface area contributed by atoms with Crippen molar-refractivity contribution >= 4 is 28.3 Å². The zero-order chi connectivity index (χ0) is 13.3. The third-order valence-electron chi connectivity index (χ3n) is 3.46. The zero-order valence-electron chi connectivity index (χ0n) is 10.0. The molecule has 98 valence electrons. The molecule has 1 aromatic rings. The van der Waals surface area contributed by atoms with Gasteiger partial charge in [-0.1, -0.05) is 6.92 Å². The van der Waals surface area contributed by atoms with Gasteiger partial charge in [-0.05, 0) is 19.3 Å². The van der Waals surface area contributed by atoms with E-state index in [-0.39, 0.29) is 11.6 Å². The lowest BCUT2D eigenvalue weighted by atomic mass is 9.93. The fraction of sp³-hybridized carbons (Fsp3) is 0.545. The third kappa shape index (κ3) is 1.84. The zero-order valence-corrected chi connectivity index (χ0v) is 10.9. The SMILES string of the molecule is CCC1(C(=O)O)CCCN1C(=O)c1csc(N)n1. The maximum absolute atomic E-state index is 12.3. The number of thiazole rings is 1. The van der Waals surface area contributed by atoms with Crippen LogP contribution in [0.5, 0.6) is 0 Å². The maximum atomic E-state index is 12.3. The molecule has 1 unspecified atom stereocenters. The lowest BCUT2D eigenvalue weighted by molar-refractivity contribution is -0.148. The van der Waals surface area contributed by atoms with Crippen LogP contribution in [0.4, 0.5) is 5.13 Å². The topological polar surface area (TPSA) is 96.5 Å². The molecule has 1 aliphatic rings. The first-order valence-electron chi connectivity index (χ1n) is 5.77. The predicted molar refractivity (Wildman–Crippen MR) is 67.5 cm³/mol. The largest absolute Gasteiger partial charge is 0.479 e. The molecule has 2 heterocycles. The van der Waals surface area contributed by atoms with Crippen molar-refractivity contribution in [2.45, 2.75) is 31.7 Å². The minimum absolute atomic E-state index is 0.235. The number of aliphatic carboxylic acids is 1. The molecule has 1 fully saturated rings. The monoisotopic (exact) mass is 269 g/mol. The number of nitrogens with zero attached hydrogens (tertiary/aromatic N) is 2. The minimum Gasteiger partial charge on any atom is -0.479 e. The minimum atomic E-state index is -1.09. The first-order chi connectivity index (χ1) is 8.51. The van der Waals surface area contributed by atoms with E-state index in [1.165, 1.54) is 16.2 Å². The molecular formula is C11H15N3O3S. The molecule has 0 spiro atoms. The molecule has 1 atom stereocenters. The Labute approximate surface area is 108 Å². The molecule has 0 radical (unpaired) electrons. The molecule has 1 amide bonds. The first-order valence-corrected chi connectivity index (χ1v) is 6.65. The van der Waals surface area contributed by atoms with Crippen LogP contribution in [0.3, 0.4) is 0 Å². The molecule has 6 nitrogen and oxygen atoms in total. The van der Waals surface area contributed by atoms with Crippen LogP contribution in [0, 0.1) is 0 Å². The standard InChI is InChI=1S/C11H15N3O3S/c1-2-11(9(16)17)4-3-5-14(11)8(15)7-6-18-10(12)13-7/h6H,2-5H2,1H3,(H2,12,13)(H,16,17). The molecule has 1 aliphatic heterocycles. The fourth-order valence-corrected chi connectivity index (χ4v) is 2.98. The second kappa shape index (κ2) is 4.56. The Bertz CT molecular complexity index is 488. The van der Waals surface area contributed by atoms with E-state index < -0.39 is 11.5 Å². The smallest absolute Gasteiger partial charge is 0.329 e. The number of nitrogens with two attached hydrogens (primary N) is 1. The molecular weight excluding hydrogens is 254 g/mol. The number of carboxylic acid groups (broad SMARTS) is 1. The van der Waals surface area contributed by atoms with Crippen LogP contribution >= 0.6 is 11.3 Å². The van der Waals surface area contributed by atoms with Crippen LogP contribution in [0.15, 0.2) is 5.38 Å². The number of carbonyl (C=O) groups excluding carboxylic acids is 1. The fourth-order valence-electron chi connectivity index (χ4n) is 2.44. The van der Waals surface area contributed by atoms with E-state index in [4.69, 9.17) is 5.73 Å². The van der Waals surface area contributed by atoms with E-state index in [1.54, 1.807) is 12.3 Å². The van der Waals surface area contributed by atoms with E-state index in [0.29, 0.717) is 30.9 Å². The van der Waals surface area contributed by atoms with Crippen molar-refractivity contribution < 1.29 is 14.7 Å². The molecule has 0 aliphatic carbocycles. The average Bonchev–Trinajstić information content (AvgIpc) is 2.94. The Morgan fingerprint density at radius 1 is 1.67 bits per heavy atom. The van der Waals surface area contributed by atoms with Gasteiger partial charge in [0.2, 0.25) is 0 Å². The van der Waals surface area contributed by atoms with Crippen LogP contribution < -0.4 is 5.73 Å². The predicted octanol–water partition coefficient (Wildman–Crippen LogP) is 1.19. The van der Waals surface area contributed by atoms with E-state index in [9.17, 15) is 14.7 Å². The highest BCUT2D eigenvalue weighted by molar-refractivity contribution is 7.13. The van der Waals surface area contributed by atoms with Gasteiger partial charge in [0.1, 0.15) is 11.2 Å². The van der Waals surface area contributed by atoms with Crippen molar-refractivity contribution in [3.05, 3.63) is 11.1 Å². The molecule has 3 N–H and O–H groups in total. The van der Waals surface area contributed by atoms with Crippen LogP contribution in [0.1, 0.15) is 36.7 Å². The normalized spacial score (nSPS) is 23.3. The van der Waals surface area contributed by atoms with Crippen molar-refractivity contribution in [1.29, 1.82) is 0 Å². The number of carboxylic acids is 1. The van der Waals surface area contributed by atoms with Gasteiger partial charge in [0.05, 0.1) is 0 Å². The van der Waals surface area contributed by atoms with Crippen LogP contribution in [-0.4, -0.2) is 39.0 Å². The van der Waals surface area contributed by atoms with Crippen molar-refractivity contribution in [3.63, 3.8) is 0 Å². The Morgan fingerprint density at radius 2 is 2.39 bits per heavy atom. The third-order valence-corrected chi connectivity index (χ3v) is 4.13. The Kier molecular flexibility index (Phi) is 3.25. The Balaban J connectivity index is 2.32. The lowest BCUT2D eigenvalue weighted by Gasteiger charge is -2.33. The van der Waals surface area contributed by atoms with Gasteiger partial charge in [-0.2, -0.15) is 0 Å². The van der Waals surface area contributed by atoms with Crippen LogP contribution in [0.2, 0.25) is 0 Å². The summed E-state index contributed by atoms with van der Waals surface area (Å²) in [4.78, 5) is 29.1. The van der Waals surface area contributed by atoms with Gasteiger partial charge >= 0.3 is 5.97 Å². The molecule has 18 heavy (non-hydrogen) atoms.